The zero-order valence-corrected chi connectivity index (χ0v) is 21.4. The molecule has 0 atom stereocenters. The molecular formula is C22H16ClF4N7O4S. The van der Waals surface area contributed by atoms with Gasteiger partial charge in [0.2, 0.25) is 21.9 Å². The monoisotopic (exact) mass is 585 g/mol. The maximum atomic E-state index is 13.5. The number of hydrogen-bond donors (Lipinski definition) is 2. The van der Waals surface area contributed by atoms with Gasteiger partial charge in [0.1, 0.15) is 11.4 Å². The molecule has 3 heterocycles. The average molecular weight is 586 g/mol. The number of nitrogens with zero attached hydrogens (tertiary/aromatic N) is 5. The Kier molecular flexibility index (Phi) is 7.43. The highest BCUT2D eigenvalue weighted by Gasteiger charge is 2.34. The first-order valence-electron chi connectivity index (χ1n) is 10.5. The van der Waals surface area contributed by atoms with Gasteiger partial charge in [-0.2, -0.15) is 23.3 Å². The topological polar surface area (TPSA) is 141 Å². The van der Waals surface area contributed by atoms with E-state index in [0.29, 0.717) is 0 Å². The van der Waals surface area contributed by atoms with Gasteiger partial charge in [0.15, 0.2) is 11.5 Å². The van der Waals surface area contributed by atoms with Gasteiger partial charge in [-0.15, -0.1) is 0 Å². The highest BCUT2D eigenvalue weighted by molar-refractivity contribution is 7.89. The summed E-state index contributed by atoms with van der Waals surface area (Å²) in [5, 5.41) is 6.13. The molecule has 0 radical (unpaired) electrons. The molecule has 0 aliphatic carbocycles. The second kappa shape index (κ2) is 10.5. The quantitative estimate of drug-likeness (QED) is 0.308. The van der Waals surface area contributed by atoms with Crippen molar-refractivity contribution in [2.45, 2.75) is 6.18 Å². The van der Waals surface area contributed by atoms with E-state index >= 15 is 0 Å². The van der Waals surface area contributed by atoms with Crippen LogP contribution in [0.25, 0.3) is 16.9 Å². The molecule has 1 aromatic carbocycles. The molecule has 0 bridgehead atoms. The van der Waals surface area contributed by atoms with Crippen molar-refractivity contribution in [2.24, 2.45) is 0 Å². The summed E-state index contributed by atoms with van der Waals surface area (Å²) in [4.78, 5) is 25.0. The van der Waals surface area contributed by atoms with Gasteiger partial charge in [-0.3, -0.25) is 4.79 Å². The summed E-state index contributed by atoms with van der Waals surface area (Å²) in [5.41, 5.74) is -1.02. The van der Waals surface area contributed by atoms with Crippen LogP contribution in [0.1, 0.15) is 16.1 Å². The molecule has 0 saturated carbocycles. The van der Waals surface area contributed by atoms with Gasteiger partial charge >= 0.3 is 6.18 Å². The van der Waals surface area contributed by atoms with E-state index in [0.717, 1.165) is 29.3 Å². The number of anilines is 2. The number of benzene rings is 1. The molecule has 0 fully saturated rings. The fourth-order valence-electron chi connectivity index (χ4n) is 3.26. The number of amides is 1. The molecule has 0 saturated heterocycles. The summed E-state index contributed by atoms with van der Waals surface area (Å²) >= 11 is 5.80. The first-order chi connectivity index (χ1) is 18.2. The minimum absolute atomic E-state index is 0.0677. The first kappa shape index (κ1) is 27.7. The number of rotatable bonds is 7. The smallest absolute Gasteiger partial charge is 0.435 e. The zero-order chi connectivity index (χ0) is 28.5. The van der Waals surface area contributed by atoms with E-state index in [-0.39, 0.29) is 45.0 Å². The SMILES string of the molecule is COc1ncc(-c2cnc(Nc3ccc(F)c(Cl)c3)nc2-n2ccc(C(F)(F)F)n2)cc1C(=O)NS(C)(=O)=O. The van der Waals surface area contributed by atoms with Crippen LogP contribution in [0, 0.1) is 5.82 Å². The van der Waals surface area contributed by atoms with E-state index in [2.05, 4.69) is 25.4 Å². The number of carbonyl (C=O) groups is 1. The molecule has 0 aliphatic rings. The largest absolute Gasteiger partial charge is 0.480 e. The van der Waals surface area contributed by atoms with Crippen molar-refractivity contribution in [1.29, 1.82) is 0 Å². The van der Waals surface area contributed by atoms with E-state index in [1.54, 1.807) is 4.72 Å². The van der Waals surface area contributed by atoms with Crippen LogP contribution in [0.15, 0.2) is 48.9 Å². The summed E-state index contributed by atoms with van der Waals surface area (Å²) in [6.45, 7) is 0. The number of carbonyl (C=O) groups excluding carboxylic acids is 1. The van der Waals surface area contributed by atoms with Crippen molar-refractivity contribution in [3.63, 3.8) is 0 Å². The molecule has 11 nitrogen and oxygen atoms in total. The maximum Gasteiger partial charge on any atom is 0.435 e. The van der Waals surface area contributed by atoms with Gasteiger partial charge in [0.25, 0.3) is 5.91 Å². The third kappa shape index (κ3) is 6.40. The molecule has 204 valence electrons. The standard InChI is InChI=1S/C22H16ClF4N7O4S/c1-38-20-13(19(35)33-39(2,36)37)7-11(9-28-20)14-10-29-21(30-12-3-4-16(24)15(23)8-12)31-18(14)34-6-5-17(32-34)22(25,26)27/h3-10H,1-2H3,(H,33,35)(H,29,30,31). The van der Waals surface area contributed by atoms with Gasteiger partial charge in [-0.05, 0) is 30.3 Å². The van der Waals surface area contributed by atoms with E-state index in [1.165, 1.54) is 37.7 Å². The Labute approximate surface area is 222 Å². The normalized spacial score (nSPS) is 11.8. The summed E-state index contributed by atoms with van der Waals surface area (Å²) < 4.78 is 84.1. The predicted octanol–water partition coefficient (Wildman–Crippen LogP) is 3.98. The number of ether oxygens (including phenoxy) is 1. The Morgan fingerprint density at radius 3 is 2.49 bits per heavy atom. The number of aromatic nitrogens is 5. The fraction of sp³-hybridized carbons (Fsp3) is 0.136. The molecule has 2 N–H and O–H groups in total. The Morgan fingerprint density at radius 2 is 1.87 bits per heavy atom. The third-order valence-electron chi connectivity index (χ3n) is 4.92. The van der Waals surface area contributed by atoms with Crippen LogP contribution < -0.4 is 14.8 Å². The minimum Gasteiger partial charge on any atom is -0.480 e. The highest BCUT2D eigenvalue weighted by Crippen LogP contribution is 2.32. The van der Waals surface area contributed by atoms with E-state index in [9.17, 15) is 30.8 Å². The van der Waals surface area contributed by atoms with Crippen molar-refractivity contribution in [3.8, 4) is 22.8 Å². The summed E-state index contributed by atoms with van der Waals surface area (Å²) in [5.74, 6) is -2.23. The van der Waals surface area contributed by atoms with Crippen molar-refractivity contribution in [2.75, 3.05) is 18.7 Å². The summed E-state index contributed by atoms with van der Waals surface area (Å²) in [6, 6.07) is 5.62. The van der Waals surface area contributed by atoms with E-state index in [4.69, 9.17) is 16.3 Å². The number of sulfonamides is 1. The lowest BCUT2D eigenvalue weighted by Gasteiger charge is -2.14. The lowest BCUT2D eigenvalue weighted by atomic mass is 10.1. The van der Waals surface area contributed by atoms with Crippen molar-refractivity contribution < 1.29 is 35.5 Å². The molecule has 39 heavy (non-hydrogen) atoms. The van der Waals surface area contributed by atoms with Crippen LogP contribution in [-0.2, 0) is 16.2 Å². The molecule has 0 unspecified atom stereocenters. The second-order valence-electron chi connectivity index (χ2n) is 7.81. The Balaban J connectivity index is 1.85. The van der Waals surface area contributed by atoms with Crippen molar-refractivity contribution >= 4 is 39.2 Å². The lowest BCUT2D eigenvalue weighted by Crippen LogP contribution is -2.29. The zero-order valence-electron chi connectivity index (χ0n) is 19.8. The van der Waals surface area contributed by atoms with Gasteiger partial charge < -0.3 is 10.1 Å². The number of pyridine rings is 1. The van der Waals surface area contributed by atoms with Crippen LogP contribution >= 0.6 is 11.6 Å². The minimum atomic E-state index is -4.75. The Hall–Kier alpha value is -4.31. The number of hydrogen-bond acceptors (Lipinski definition) is 9. The molecular weight excluding hydrogens is 570 g/mol. The second-order valence-corrected chi connectivity index (χ2v) is 9.97. The van der Waals surface area contributed by atoms with Gasteiger partial charge in [-0.1, -0.05) is 11.6 Å². The van der Waals surface area contributed by atoms with E-state index in [1.807, 2.05) is 0 Å². The maximum absolute atomic E-state index is 13.5. The van der Waals surface area contributed by atoms with Crippen LogP contribution in [-0.4, -0.2) is 52.4 Å². The number of methoxy groups -OCH3 is 1. The van der Waals surface area contributed by atoms with Gasteiger partial charge in [0.05, 0.1) is 18.4 Å². The molecule has 17 heteroatoms. The molecule has 0 aliphatic heterocycles. The molecule has 4 rings (SSSR count). The van der Waals surface area contributed by atoms with Crippen LogP contribution in [0.2, 0.25) is 5.02 Å². The lowest BCUT2D eigenvalue weighted by molar-refractivity contribution is -0.141. The average Bonchev–Trinajstić information content (AvgIpc) is 3.36. The molecule has 3 aromatic heterocycles. The van der Waals surface area contributed by atoms with Gasteiger partial charge in [0, 0.05) is 35.4 Å². The number of nitrogens with one attached hydrogen (secondary N) is 2. The fourth-order valence-corrected chi connectivity index (χ4v) is 3.88. The Morgan fingerprint density at radius 1 is 1.13 bits per heavy atom. The molecule has 1 amide bonds. The van der Waals surface area contributed by atoms with Crippen molar-refractivity contribution in [3.05, 3.63) is 71.0 Å². The van der Waals surface area contributed by atoms with Crippen LogP contribution in [0.3, 0.4) is 0 Å². The van der Waals surface area contributed by atoms with Crippen molar-refractivity contribution in [1.82, 2.24) is 29.5 Å². The number of alkyl halides is 3. The third-order valence-corrected chi connectivity index (χ3v) is 5.76. The van der Waals surface area contributed by atoms with Crippen LogP contribution in [0.4, 0.5) is 29.2 Å². The van der Waals surface area contributed by atoms with Crippen LogP contribution in [0.5, 0.6) is 5.88 Å². The highest BCUT2D eigenvalue weighted by atomic mass is 35.5. The van der Waals surface area contributed by atoms with Gasteiger partial charge in [-0.25, -0.2) is 32.2 Å². The summed E-state index contributed by atoms with van der Waals surface area (Å²) in [7, 11) is -2.74. The molecule has 0 spiro atoms. The van der Waals surface area contributed by atoms with E-state index < -0.39 is 33.6 Å². The summed E-state index contributed by atoms with van der Waals surface area (Å²) in [6.07, 6.45) is -0.521. The molecule has 4 aromatic rings. The number of halogens is 5. The predicted molar refractivity (Wildman–Crippen MR) is 131 cm³/mol. The Bertz CT molecular complexity index is 1680. The first-order valence-corrected chi connectivity index (χ1v) is 12.8.